The molecule has 1 amide bonds. The van der Waals surface area contributed by atoms with Crippen molar-refractivity contribution in [2.24, 2.45) is 11.7 Å². The second-order valence-corrected chi connectivity index (χ2v) is 8.18. The van der Waals surface area contributed by atoms with Gasteiger partial charge in [-0.15, -0.1) is 5.10 Å². The van der Waals surface area contributed by atoms with E-state index in [0.717, 1.165) is 25.0 Å². The highest BCUT2D eigenvalue weighted by Gasteiger charge is 2.46. The maximum absolute atomic E-state index is 11.6. The zero-order valence-electron chi connectivity index (χ0n) is 14.9. The molecule has 10 nitrogen and oxygen atoms in total. The second kappa shape index (κ2) is 7.21. The molecule has 0 aromatic carbocycles. The van der Waals surface area contributed by atoms with E-state index in [1.54, 1.807) is 11.8 Å². The van der Waals surface area contributed by atoms with E-state index < -0.39 is 30.1 Å². The third-order valence-electron chi connectivity index (χ3n) is 4.99. The van der Waals surface area contributed by atoms with Crippen LogP contribution in [0.15, 0.2) is 5.16 Å². The van der Waals surface area contributed by atoms with Crippen LogP contribution in [0.4, 0.5) is 5.82 Å². The Balaban J connectivity index is 1.73. The minimum Gasteiger partial charge on any atom is -0.390 e. The van der Waals surface area contributed by atoms with E-state index in [1.807, 2.05) is 0 Å². The van der Waals surface area contributed by atoms with E-state index in [-0.39, 0.29) is 6.42 Å². The second-order valence-electron chi connectivity index (χ2n) is 7.12. The van der Waals surface area contributed by atoms with E-state index in [9.17, 15) is 15.0 Å². The lowest BCUT2D eigenvalue weighted by atomic mass is 10.1. The van der Waals surface area contributed by atoms with Crippen LogP contribution in [0.2, 0.25) is 0 Å². The highest BCUT2D eigenvalue weighted by Crippen LogP contribution is 2.37. The number of amides is 1. The maximum Gasteiger partial charge on any atom is 0.223 e. The fourth-order valence-corrected chi connectivity index (χ4v) is 4.04. The number of hydrogen-bond acceptors (Lipinski definition) is 9. The van der Waals surface area contributed by atoms with Crippen LogP contribution >= 0.6 is 11.8 Å². The van der Waals surface area contributed by atoms with Gasteiger partial charge in [0.05, 0.1) is 18.1 Å². The summed E-state index contributed by atoms with van der Waals surface area (Å²) in [6.07, 6.45) is 0.946. The predicted octanol–water partition coefficient (Wildman–Crippen LogP) is 0.0658. The normalized spacial score (nSPS) is 28.0. The number of aromatic nitrogens is 5. The first-order chi connectivity index (χ1) is 13.0. The maximum atomic E-state index is 11.6. The number of carbonyl (C=O) groups excluding carboxylic acids is 1. The van der Waals surface area contributed by atoms with Gasteiger partial charge in [-0.3, -0.25) is 4.79 Å². The van der Waals surface area contributed by atoms with Gasteiger partial charge in [0.2, 0.25) is 5.91 Å². The Morgan fingerprint density at radius 1 is 1.33 bits per heavy atom. The molecule has 2 aromatic heterocycles. The van der Waals surface area contributed by atoms with Crippen LogP contribution in [-0.2, 0) is 4.79 Å². The smallest absolute Gasteiger partial charge is 0.223 e. The molecule has 2 aliphatic rings. The minimum absolute atomic E-state index is 0.183. The standard InChI is InChI=1S/C16H23N7O3S/c1-2-5-27-16-19-14(18-7-3-4-7)10-15(20-16)23(22-21-10)9-6-8(13(17)26)11(24)12(9)25/h7-9,11-12,24-25H,2-6H2,1H3,(H2,17,26)(H,18,19,20)/t8-,9+,11+,12-/m0/s1. The van der Waals surface area contributed by atoms with Crippen LogP contribution in [-0.4, -0.2) is 65.1 Å². The summed E-state index contributed by atoms with van der Waals surface area (Å²) >= 11 is 1.54. The average molecular weight is 393 g/mol. The fourth-order valence-electron chi connectivity index (χ4n) is 3.35. The fraction of sp³-hybridized carbons (Fsp3) is 0.688. The lowest BCUT2D eigenvalue weighted by Crippen LogP contribution is -2.35. The summed E-state index contributed by atoms with van der Waals surface area (Å²) < 4.78 is 1.49. The number of thioether (sulfide) groups is 1. The number of aliphatic hydroxyl groups is 2. The summed E-state index contributed by atoms with van der Waals surface area (Å²) in [4.78, 5) is 20.7. The summed E-state index contributed by atoms with van der Waals surface area (Å²) in [6.45, 7) is 2.08. The SMILES string of the molecule is CCCSc1nc(NC2CC2)c2nnn([C@@H]3C[C@H](C(N)=O)[C@@H](O)[C@H]3O)c2n1. The lowest BCUT2D eigenvalue weighted by molar-refractivity contribution is -0.125. The minimum atomic E-state index is -1.23. The Bertz CT molecular complexity index is 856. The molecule has 0 aliphatic heterocycles. The van der Waals surface area contributed by atoms with Crippen molar-refractivity contribution in [1.82, 2.24) is 25.0 Å². The molecule has 0 spiro atoms. The van der Waals surface area contributed by atoms with Gasteiger partial charge in [0.1, 0.15) is 6.10 Å². The molecule has 0 radical (unpaired) electrons. The third-order valence-corrected chi connectivity index (χ3v) is 6.04. The number of fused-ring (bicyclic) bond motifs is 1. The largest absolute Gasteiger partial charge is 0.390 e. The molecule has 27 heavy (non-hydrogen) atoms. The van der Waals surface area contributed by atoms with Crippen molar-refractivity contribution < 1.29 is 15.0 Å². The Morgan fingerprint density at radius 3 is 2.74 bits per heavy atom. The molecule has 4 rings (SSSR count). The molecular formula is C16H23N7O3S. The Morgan fingerprint density at radius 2 is 2.11 bits per heavy atom. The highest BCUT2D eigenvalue weighted by atomic mass is 32.2. The van der Waals surface area contributed by atoms with Crippen molar-refractivity contribution in [3.63, 3.8) is 0 Å². The Kier molecular flexibility index (Phi) is 4.91. The Labute approximate surface area is 159 Å². The van der Waals surface area contributed by atoms with E-state index in [2.05, 4.69) is 32.5 Å². The monoisotopic (exact) mass is 393 g/mol. The van der Waals surface area contributed by atoms with E-state index in [1.165, 1.54) is 4.68 Å². The number of nitrogens with zero attached hydrogens (tertiary/aromatic N) is 5. The van der Waals surface area contributed by atoms with E-state index in [4.69, 9.17) is 5.73 Å². The van der Waals surface area contributed by atoms with Crippen molar-refractivity contribution in [1.29, 1.82) is 0 Å². The van der Waals surface area contributed by atoms with Crippen molar-refractivity contribution >= 4 is 34.7 Å². The van der Waals surface area contributed by atoms with Crippen LogP contribution in [0, 0.1) is 5.92 Å². The van der Waals surface area contributed by atoms with Crippen LogP contribution in [0.5, 0.6) is 0 Å². The number of primary amides is 1. The topological polar surface area (TPSA) is 152 Å². The van der Waals surface area contributed by atoms with Gasteiger partial charge in [0.25, 0.3) is 0 Å². The van der Waals surface area contributed by atoms with Crippen LogP contribution in [0.3, 0.4) is 0 Å². The predicted molar refractivity (Wildman–Crippen MR) is 99.1 cm³/mol. The van der Waals surface area contributed by atoms with Gasteiger partial charge >= 0.3 is 0 Å². The first-order valence-electron chi connectivity index (χ1n) is 9.17. The van der Waals surface area contributed by atoms with Crippen molar-refractivity contribution in [3.05, 3.63) is 0 Å². The Hall–Kier alpha value is -1.98. The molecule has 5 N–H and O–H groups in total. The van der Waals surface area contributed by atoms with Gasteiger partial charge in [0, 0.05) is 11.8 Å². The lowest BCUT2D eigenvalue weighted by Gasteiger charge is -2.16. The molecule has 146 valence electrons. The first kappa shape index (κ1) is 18.4. The molecule has 2 fully saturated rings. The van der Waals surface area contributed by atoms with Gasteiger partial charge < -0.3 is 21.3 Å². The molecule has 11 heteroatoms. The van der Waals surface area contributed by atoms with Gasteiger partial charge in [0.15, 0.2) is 22.1 Å². The number of carbonyl (C=O) groups is 1. The van der Waals surface area contributed by atoms with Crippen molar-refractivity contribution in [2.45, 2.75) is 62.1 Å². The van der Waals surface area contributed by atoms with Crippen LogP contribution < -0.4 is 11.1 Å². The van der Waals surface area contributed by atoms with E-state index >= 15 is 0 Å². The summed E-state index contributed by atoms with van der Waals surface area (Å²) in [5.74, 6) is 0.0408. The molecular weight excluding hydrogens is 370 g/mol. The van der Waals surface area contributed by atoms with Crippen LogP contribution in [0.25, 0.3) is 11.2 Å². The molecule has 0 unspecified atom stereocenters. The number of anilines is 1. The number of hydrogen-bond donors (Lipinski definition) is 4. The van der Waals surface area contributed by atoms with Crippen molar-refractivity contribution in [2.75, 3.05) is 11.1 Å². The number of rotatable bonds is 7. The third kappa shape index (κ3) is 3.46. The summed E-state index contributed by atoms with van der Waals surface area (Å²) in [5, 5.41) is 32.9. The molecule has 4 atom stereocenters. The summed E-state index contributed by atoms with van der Waals surface area (Å²) in [6, 6.07) is -0.245. The molecule has 2 saturated carbocycles. The summed E-state index contributed by atoms with van der Waals surface area (Å²) in [7, 11) is 0. The average Bonchev–Trinajstić information content (AvgIpc) is 3.28. The molecule has 0 saturated heterocycles. The summed E-state index contributed by atoms with van der Waals surface area (Å²) in [5.41, 5.74) is 6.35. The highest BCUT2D eigenvalue weighted by molar-refractivity contribution is 7.99. The van der Waals surface area contributed by atoms with Gasteiger partial charge in [-0.25, -0.2) is 14.6 Å². The van der Waals surface area contributed by atoms with Crippen LogP contribution in [0.1, 0.15) is 38.6 Å². The number of nitrogens with one attached hydrogen (secondary N) is 1. The first-order valence-corrected chi connectivity index (χ1v) is 10.2. The number of aliphatic hydroxyl groups excluding tert-OH is 2. The van der Waals surface area contributed by atoms with Crippen molar-refractivity contribution in [3.8, 4) is 0 Å². The zero-order chi connectivity index (χ0) is 19.1. The van der Waals surface area contributed by atoms with Gasteiger partial charge in [-0.05, 0) is 25.7 Å². The molecule has 2 aromatic rings. The molecule has 2 aliphatic carbocycles. The zero-order valence-corrected chi connectivity index (χ0v) is 15.8. The molecule has 0 bridgehead atoms. The quantitative estimate of drug-likeness (QED) is 0.378. The van der Waals surface area contributed by atoms with Gasteiger partial charge in [-0.2, -0.15) is 0 Å². The number of nitrogens with two attached hydrogens (primary N) is 1. The molecule has 2 heterocycles. The van der Waals surface area contributed by atoms with Gasteiger partial charge in [-0.1, -0.05) is 23.9 Å². The van der Waals surface area contributed by atoms with E-state index in [0.29, 0.717) is 28.2 Å².